The van der Waals surface area contributed by atoms with Crippen LogP contribution in [0.15, 0.2) is 12.1 Å². The van der Waals surface area contributed by atoms with Crippen molar-refractivity contribution < 1.29 is 8.78 Å². The molecular weight excluding hydrogens is 206 g/mol. The fraction of sp³-hybridized carbons (Fsp3) is 0.571. The van der Waals surface area contributed by atoms with Crippen LogP contribution in [0.2, 0.25) is 0 Å². The monoisotopic (exact) mass is 224 g/mol. The van der Waals surface area contributed by atoms with Crippen LogP contribution in [0.25, 0.3) is 0 Å². The van der Waals surface area contributed by atoms with Gasteiger partial charge in [0.1, 0.15) is 0 Å². The molecule has 0 bridgehead atoms. The van der Waals surface area contributed by atoms with Crippen molar-refractivity contribution in [2.75, 3.05) is 0 Å². The summed E-state index contributed by atoms with van der Waals surface area (Å²) in [4.78, 5) is 0. The molecular formula is C14H18F2. The largest absolute Gasteiger partial charge is 0.204 e. The van der Waals surface area contributed by atoms with Gasteiger partial charge in [-0.15, -0.1) is 0 Å². The molecule has 1 aromatic rings. The molecule has 0 aliphatic heterocycles. The number of aryl methyl sites for hydroxylation is 1. The number of hydrogen-bond acceptors (Lipinski definition) is 0. The van der Waals surface area contributed by atoms with E-state index in [2.05, 4.69) is 6.92 Å². The van der Waals surface area contributed by atoms with Crippen LogP contribution in [0, 0.1) is 24.5 Å². The van der Waals surface area contributed by atoms with Crippen molar-refractivity contribution in [2.45, 2.75) is 45.4 Å². The average molecular weight is 224 g/mol. The van der Waals surface area contributed by atoms with Crippen molar-refractivity contribution in [3.8, 4) is 0 Å². The zero-order valence-corrected chi connectivity index (χ0v) is 9.89. The van der Waals surface area contributed by atoms with Gasteiger partial charge in [0.2, 0.25) is 0 Å². The Hall–Kier alpha value is -0.920. The molecule has 0 heterocycles. The van der Waals surface area contributed by atoms with E-state index in [9.17, 15) is 8.78 Å². The fourth-order valence-corrected chi connectivity index (χ4v) is 2.62. The molecule has 0 aromatic heterocycles. The fourth-order valence-electron chi connectivity index (χ4n) is 2.62. The minimum Gasteiger partial charge on any atom is -0.204 e. The van der Waals surface area contributed by atoms with Gasteiger partial charge in [-0.1, -0.05) is 25.8 Å². The van der Waals surface area contributed by atoms with E-state index >= 15 is 0 Å². The van der Waals surface area contributed by atoms with Gasteiger partial charge in [-0.2, -0.15) is 0 Å². The first-order valence-corrected chi connectivity index (χ1v) is 6.03. The highest BCUT2D eigenvalue weighted by atomic mass is 19.2. The molecule has 1 aliphatic carbocycles. The van der Waals surface area contributed by atoms with E-state index in [0.717, 1.165) is 37.2 Å². The molecule has 2 heteroatoms. The minimum atomic E-state index is -0.700. The maximum absolute atomic E-state index is 13.7. The number of halogens is 2. The summed E-state index contributed by atoms with van der Waals surface area (Å²) < 4.78 is 27.0. The van der Waals surface area contributed by atoms with Gasteiger partial charge in [0.25, 0.3) is 0 Å². The zero-order valence-electron chi connectivity index (χ0n) is 9.89. The van der Waals surface area contributed by atoms with Crippen LogP contribution in [-0.4, -0.2) is 0 Å². The Morgan fingerprint density at radius 3 is 2.31 bits per heavy atom. The second-order valence-corrected chi connectivity index (χ2v) is 5.11. The van der Waals surface area contributed by atoms with E-state index in [-0.39, 0.29) is 5.92 Å². The molecule has 0 amide bonds. The van der Waals surface area contributed by atoms with Crippen LogP contribution in [0.5, 0.6) is 0 Å². The van der Waals surface area contributed by atoms with Crippen molar-refractivity contribution in [2.24, 2.45) is 5.92 Å². The molecule has 1 aromatic carbocycles. The summed E-state index contributed by atoms with van der Waals surface area (Å²) in [6, 6.07) is 3.07. The smallest absolute Gasteiger partial charge is 0.162 e. The molecule has 88 valence electrons. The van der Waals surface area contributed by atoms with Crippen LogP contribution in [-0.2, 0) is 0 Å². The van der Waals surface area contributed by atoms with E-state index in [1.54, 1.807) is 6.07 Å². The molecule has 0 spiro atoms. The highest BCUT2D eigenvalue weighted by Gasteiger charge is 2.23. The number of benzene rings is 1. The van der Waals surface area contributed by atoms with Gasteiger partial charge in [-0.25, -0.2) is 8.78 Å². The van der Waals surface area contributed by atoms with E-state index in [4.69, 9.17) is 0 Å². The minimum absolute atomic E-state index is 0.214. The average Bonchev–Trinajstić information content (AvgIpc) is 2.25. The van der Waals surface area contributed by atoms with Gasteiger partial charge in [0.15, 0.2) is 11.6 Å². The van der Waals surface area contributed by atoms with E-state index in [1.165, 1.54) is 6.07 Å². The van der Waals surface area contributed by atoms with Crippen LogP contribution < -0.4 is 0 Å². The summed E-state index contributed by atoms with van der Waals surface area (Å²) in [5.41, 5.74) is 1.40. The first-order chi connectivity index (χ1) is 7.58. The summed E-state index contributed by atoms with van der Waals surface area (Å²) >= 11 is 0. The Bertz CT molecular complexity index is 377. The predicted octanol–water partition coefficient (Wildman–Crippen LogP) is 4.57. The van der Waals surface area contributed by atoms with Crippen molar-refractivity contribution in [1.82, 2.24) is 0 Å². The molecule has 0 unspecified atom stereocenters. The van der Waals surface area contributed by atoms with Gasteiger partial charge in [0.05, 0.1) is 0 Å². The highest BCUT2D eigenvalue weighted by molar-refractivity contribution is 5.28. The third-order valence-corrected chi connectivity index (χ3v) is 3.66. The maximum Gasteiger partial charge on any atom is 0.162 e. The molecule has 0 radical (unpaired) electrons. The quantitative estimate of drug-likeness (QED) is 0.655. The highest BCUT2D eigenvalue weighted by Crippen LogP contribution is 2.37. The lowest BCUT2D eigenvalue weighted by Crippen LogP contribution is -2.13. The van der Waals surface area contributed by atoms with E-state index in [0.29, 0.717) is 5.56 Å². The third kappa shape index (κ3) is 2.26. The standard InChI is InChI=1S/C14H18F2/c1-9-3-5-11(6-4-9)12-7-10(2)8-13(15)14(12)16/h7-9,11H,3-6H2,1-2H3. The molecule has 0 saturated heterocycles. The zero-order chi connectivity index (χ0) is 11.7. The van der Waals surface area contributed by atoms with Gasteiger partial charge in [0, 0.05) is 0 Å². The van der Waals surface area contributed by atoms with E-state index in [1.807, 2.05) is 6.92 Å². The molecule has 16 heavy (non-hydrogen) atoms. The summed E-state index contributed by atoms with van der Waals surface area (Å²) in [7, 11) is 0. The lowest BCUT2D eigenvalue weighted by atomic mass is 9.79. The van der Waals surface area contributed by atoms with Crippen LogP contribution in [0.1, 0.15) is 49.7 Å². The second kappa shape index (κ2) is 4.52. The second-order valence-electron chi connectivity index (χ2n) is 5.11. The SMILES string of the molecule is Cc1cc(F)c(F)c(C2CCC(C)CC2)c1. The number of hydrogen-bond donors (Lipinski definition) is 0. The van der Waals surface area contributed by atoms with Crippen molar-refractivity contribution in [3.05, 3.63) is 34.9 Å². The van der Waals surface area contributed by atoms with Gasteiger partial charge >= 0.3 is 0 Å². The Morgan fingerprint density at radius 1 is 1.06 bits per heavy atom. The lowest BCUT2D eigenvalue weighted by Gasteiger charge is -2.27. The lowest BCUT2D eigenvalue weighted by molar-refractivity contribution is 0.339. The van der Waals surface area contributed by atoms with Gasteiger partial charge < -0.3 is 0 Å². The number of rotatable bonds is 1. The van der Waals surface area contributed by atoms with Crippen LogP contribution >= 0.6 is 0 Å². The Kier molecular flexibility index (Phi) is 3.27. The van der Waals surface area contributed by atoms with Crippen molar-refractivity contribution in [1.29, 1.82) is 0 Å². The Balaban J connectivity index is 2.26. The molecule has 0 nitrogen and oxygen atoms in total. The topological polar surface area (TPSA) is 0 Å². The molecule has 1 aliphatic rings. The van der Waals surface area contributed by atoms with Gasteiger partial charge in [-0.05, 0) is 48.8 Å². The normalized spacial score (nSPS) is 25.8. The molecule has 0 N–H and O–H groups in total. The van der Waals surface area contributed by atoms with E-state index < -0.39 is 11.6 Å². The van der Waals surface area contributed by atoms with Crippen molar-refractivity contribution >= 4 is 0 Å². The van der Waals surface area contributed by atoms with Crippen molar-refractivity contribution in [3.63, 3.8) is 0 Å². The molecule has 0 atom stereocenters. The summed E-state index contributed by atoms with van der Waals surface area (Å²) in [6.07, 6.45) is 4.22. The maximum atomic E-state index is 13.7. The van der Waals surface area contributed by atoms with Crippen LogP contribution in [0.3, 0.4) is 0 Å². The first-order valence-electron chi connectivity index (χ1n) is 6.03. The first kappa shape index (κ1) is 11.6. The molecule has 2 rings (SSSR count). The Morgan fingerprint density at radius 2 is 1.69 bits per heavy atom. The Labute approximate surface area is 95.7 Å². The molecule has 1 saturated carbocycles. The predicted molar refractivity (Wildman–Crippen MR) is 61.5 cm³/mol. The summed E-state index contributed by atoms with van der Waals surface area (Å²) in [5, 5.41) is 0. The summed E-state index contributed by atoms with van der Waals surface area (Å²) in [6.45, 7) is 4.04. The molecule has 1 fully saturated rings. The summed E-state index contributed by atoms with van der Waals surface area (Å²) in [5.74, 6) is -0.390. The third-order valence-electron chi connectivity index (χ3n) is 3.66. The van der Waals surface area contributed by atoms with Crippen LogP contribution in [0.4, 0.5) is 8.78 Å². The van der Waals surface area contributed by atoms with Gasteiger partial charge in [-0.3, -0.25) is 0 Å².